The molecule has 1 aliphatic heterocycles. The molecule has 0 saturated carbocycles. The van der Waals surface area contributed by atoms with Crippen molar-refractivity contribution in [2.75, 3.05) is 26.1 Å². The first-order valence-electron chi connectivity index (χ1n) is 16.5. The second-order valence-electron chi connectivity index (χ2n) is 11.8. The van der Waals surface area contributed by atoms with Crippen molar-refractivity contribution in [3.63, 3.8) is 0 Å². The van der Waals surface area contributed by atoms with E-state index >= 15 is 0 Å². The Kier molecular flexibility index (Phi) is 14.5. The molecule has 4 rings (SSSR count). The fourth-order valence-electron chi connectivity index (χ4n) is 5.63. The number of esters is 3. The zero-order valence-corrected chi connectivity index (χ0v) is 28.4. The highest BCUT2D eigenvalue weighted by atomic mass is 16.7. The van der Waals surface area contributed by atoms with Crippen molar-refractivity contribution in [3.05, 3.63) is 71.8 Å². The van der Waals surface area contributed by atoms with Crippen LogP contribution in [0.2, 0.25) is 0 Å². The van der Waals surface area contributed by atoms with E-state index in [-0.39, 0.29) is 42.8 Å². The highest BCUT2D eigenvalue weighted by Crippen LogP contribution is 2.30. The normalized spacial score (nSPS) is 22.3. The fraction of sp³-hybridized carbons (Fsp3) is 0.472. The number of ether oxygens (including phenoxy) is 7. The second kappa shape index (κ2) is 19.2. The van der Waals surface area contributed by atoms with Gasteiger partial charge in [-0.1, -0.05) is 36.4 Å². The van der Waals surface area contributed by atoms with E-state index in [0.717, 1.165) is 5.56 Å². The summed E-state index contributed by atoms with van der Waals surface area (Å²) in [6.45, 7) is 1.43. The van der Waals surface area contributed by atoms with Crippen LogP contribution in [0.3, 0.4) is 0 Å². The molecule has 2 N–H and O–H groups in total. The van der Waals surface area contributed by atoms with E-state index in [1.165, 1.54) is 27.2 Å². The van der Waals surface area contributed by atoms with Crippen molar-refractivity contribution in [1.29, 1.82) is 0 Å². The number of benzene rings is 2. The third kappa shape index (κ3) is 12.1. The second-order valence-corrected chi connectivity index (χ2v) is 11.8. The molecule has 0 aromatic heterocycles. The van der Waals surface area contributed by atoms with Crippen LogP contribution in [-0.4, -0.2) is 75.5 Å². The monoisotopic (exact) mass is 696 g/mol. The zero-order chi connectivity index (χ0) is 35.9. The largest absolute Gasteiger partial charge is 0.469 e. The van der Waals surface area contributed by atoms with Gasteiger partial charge in [0.15, 0.2) is 6.10 Å². The Morgan fingerprint density at radius 1 is 0.880 bits per heavy atom. The van der Waals surface area contributed by atoms with Gasteiger partial charge in [-0.3, -0.25) is 14.9 Å². The number of carbonyl (C=O) groups excluding carboxylic acids is 5. The minimum Gasteiger partial charge on any atom is -0.469 e. The Morgan fingerprint density at radius 3 is 2.40 bits per heavy atom. The third-order valence-corrected chi connectivity index (χ3v) is 8.14. The molecule has 0 spiro atoms. The van der Waals surface area contributed by atoms with Gasteiger partial charge in [-0.15, -0.1) is 0 Å². The molecule has 1 heterocycles. The lowest BCUT2D eigenvalue weighted by molar-refractivity contribution is -0.204. The van der Waals surface area contributed by atoms with Gasteiger partial charge in [0.25, 0.3) is 0 Å². The predicted molar refractivity (Wildman–Crippen MR) is 178 cm³/mol. The van der Waals surface area contributed by atoms with Crippen LogP contribution in [0.4, 0.5) is 15.3 Å². The summed E-state index contributed by atoms with van der Waals surface area (Å²) in [5.74, 6) is -1.51. The summed E-state index contributed by atoms with van der Waals surface area (Å²) in [5.41, 5.74) is 1.72. The molecule has 0 bridgehead atoms. The fourth-order valence-corrected chi connectivity index (χ4v) is 5.63. The van der Waals surface area contributed by atoms with Crippen molar-refractivity contribution in [1.82, 2.24) is 5.32 Å². The van der Waals surface area contributed by atoms with E-state index in [1.54, 1.807) is 18.2 Å². The summed E-state index contributed by atoms with van der Waals surface area (Å²) >= 11 is 0. The lowest BCUT2D eigenvalue weighted by Crippen LogP contribution is -2.44. The van der Waals surface area contributed by atoms with Gasteiger partial charge in [0.2, 0.25) is 6.29 Å². The quantitative estimate of drug-likeness (QED) is 0.173. The van der Waals surface area contributed by atoms with Crippen LogP contribution in [0.5, 0.6) is 5.75 Å². The van der Waals surface area contributed by atoms with Gasteiger partial charge >= 0.3 is 30.1 Å². The van der Waals surface area contributed by atoms with Crippen LogP contribution in [0, 0.1) is 5.92 Å². The molecule has 5 atom stereocenters. The highest BCUT2D eigenvalue weighted by Gasteiger charge is 2.37. The minimum atomic E-state index is -1.03. The topological polar surface area (TPSA) is 174 Å². The molecule has 2 amide bonds. The average Bonchev–Trinajstić information content (AvgIpc) is 3.08. The standard InChI is InChI=1S/C36H44N2O12/c1-23(39)47-29-20-31(34(41)45-3)50-32(21-29)48-28-16-14-26(22-46-35(42)37-18-17-24-9-5-4-6-10-24)30(19-28)38-36(43)49-27-12-8-7-11-25(13-15-27)33(40)44-2/h4-6,8-10,12,14,16,19,25,27,29,31-32H,7,11,13,15,17-18,20-22H2,1-3H3,(H,37,42)(H,38,43)/b12-8+/t25-,27+,29-,31-,32+/m0/s1. The minimum absolute atomic E-state index is 0.102. The first-order chi connectivity index (χ1) is 24.1. The van der Waals surface area contributed by atoms with Crippen LogP contribution in [-0.2, 0) is 55.8 Å². The summed E-state index contributed by atoms with van der Waals surface area (Å²) in [6, 6.07) is 14.4. The molecule has 2 aromatic carbocycles. The lowest BCUT2D eigenvalue weighted by atomic mass is 9.93. The molecule has 2 aromatic rings. The van der Waals surface area contributed by atoms with E-state index in [0.29, 0.717) is 44.2 Å². The zero-order valence-electron chi connectivity index (χ0n) is 28.4. The number of alkyl carbamates (subject to hydrolysis) is 1. The molecule has 14 heteroatoms. The number of methoxy groups -OCH3 is 2. The number of rotatable bonds is 12. The summed E-state index contributed by atoms with van der Waals surface area (Å²) in [4.78, 5) is 61.7. The van der Waals surface area contributed by atoms with Gasteiger partial charge < -0.3 is 38.5 Å². The molecule has 14 nitrogen and oxygen atoms in total. The van der Waals surface area contributed by atoms with Crippen molar-refractivity contribution in [3.8, 4) is 5.75 Å². The van der Waals surface area contributed by atoms with Crippen LogP contribution in [0.1, 0.15) is 56.6 Å². The number of anilines is 1. The number of amides is 2. The Morgan fingerprint density at radius 2 is 1.66 bits per heavy atom. The van der Waals surface area contributed by atoms with E-state index in [2.05, 4.69) is 10.6 Å². The summed E-state index contributed by atoms with van der Waals surface area (Å²) in [5, 5.41) is 5.43. The Hall–Kier alpha value is -5.11. The van der Waals surface area contributed by atoms with Gasteiger partial charge in [-0.25, -0.2) is 14.4 Å². The average molecular weight is 697 g/mol. The predicted octanol–water partition coefficient (Wildman–Crippen LogP) is 4.98. The lowest BCUT2D eigenvalue weighted by Gasteiger charge is -2.33. The van der Waals surface area contributed by atoms with Crippen molar-refractivity contribution in [2.45, 2.75) is 83.1 Å². The van der Waals surface area contributed by atoms with Gasteiger partial charge in [0, 0.05) is 37.9 Å². The highest BCUT2D eigenvalue weighted by molar-refractivity contribution is 5.86. The molecule has 1 fully saturated rings. The maximum Gasteiger partial charge on any atom is 0.412 e. The molecule has 2 aliphatic rings. The van der Waals surface area contributed by atoms with Gasteiger partial charge in [-0.2, -0.15) is 0 Å². The van der Waals surface area contributed by atoms with E-state index in [1.807, 2.05) is 36.4 Å². The molecule has 270 valence electrons. The van der Waals surface area contributed by atoms with E-state index in [4.69, 9.17) is 33.2 Å². The number of carbonyl (C=O) groups is 5. The first-order valence-corrected chi connectivity index (χ1v) is 16.5. The van der Waals surface area contributed by atoms with Gasteiger partial charge in [-0.05, 0) is 55.9 Å². The summed E-state index contributed by atoms with van der Waals surface area (Å²) < 4.78 is 38.0. The van der Waals surface area contributed by atoms with Crippen molar-refractivity contribution in [2.24, 2.45) is 5.92 Å². The molecule has 0 radical (unpaired) electrons. The summed E-state index contributed by atoms with van der Waals surface area (Å²) in [6.07, 6.45) is 1.97. The summed E-state index contributed by atoms with van der Waals surface area (Å²) in [7, 11) is 2.57. The van der Waals surface area contributed by atoms with Crippen molar-refractivity contribution >= 4 is 35.8 Å². The van der Waals surface area contributed by atoms with Crippen LogP contribution in [0.15, 0.2) is 60.7 Å². The number of nitrogens with one attached hydrogen (secondary N) is 2. The van der Waals surface area contributed by atoms with E-state index < -0.39 is 48.7 Å². The number of hydrogen-bond donors (Lipinski definition) is 2. The van der Waals surface area contributed by atoms with Gasteiger partial charge in [0.05, 0.1) is 25.8 Å². The number of allylic oxidation sites excluding steroid dienone is 1. The molecule has 1 saturated heterocycles. The smallest absolute Gasteiger partial charge is 0.412 e. The molecular formula is C36H44N2O12. The maximum absolute atomic E-state index is 13.2. The van der Waals surface area contributed by atoms with Crippen LogP contribution >= 0.6 is 0 Å². The van der Waals surface area contributed by atoms with Crippen molar-refractivity contribution < 1.29 is 57.1 Å². The van der Waals surface area contributed by atoms with E-state index in [9.17, 15) is 24.0 Å². The molecular weight excluding hydrogens is 652 g/mol. The molecule has 1 aliphatic carbocycles. The Bertz CT molecular complexity index is 1500. The van der Waals surface area contributed by atoms with Gasteiger partial charge in [0.1, 0.15) is 24.6 Å². The Labute approximate surface area is 290 Å². The third-order valence-electron chi connectivity index (χ3n) is 8.14. The SMILES string of the molecule is COC(=O)[C@H]1CC/C=C/[C@@H](OC(=O)Nc2cc(O[C@H]3C[C@@H](OC(C)=O)C[C@@H](C(=O)OC)O3)ccc2COC(=O)NCCc2ccccc2)CC1. The number of hydrogen-bond acceptors (Lipinski definition) is 12. The Balaban J connectivity index is 1.45. The first kappa shape index (κ1) is 37.7. The van der Waals surface area contributed by atoms with Crippen LogP contribution in [0.25, 0.3) is 0 Å². The maximum atomic E-state index is 13.2. The molecule has 50 heavy (non-hydrogen) atoms. The molecule has 0 unspecified atom stereocenters. The van der Waals surface area contributed by atoms with Crippen LogP contribution < -0.4 is 15.4 Å².